The van der Waals surface area contributed by atoms with Crippen LogP contribution in [0.3, 0.4) is 0 Å². The molecule has 0 aromatic carbocycles. The van der Waals surface area contributed by atoms with Gasteiger partial charge in [-0.05, 0) is 56.8 Å². The van der Waals surface area contributed by atoms with E-state index in [2.05, 4.69) is 21.2 Å². The lowest BCUT2D eigenvalue weighted by Gasteiger charge is -2.34. The number of piperidine rings is 1. The van der Waals surface area contributed by atoms with Crippen molar-refractivity contribution in [1.29, 1.82) is 0 Å². The van der Waals surface area contributed by atoms with Gasteiger partial charge in [-0.1, -0.05) is 0 Å². The number of nitrogens with zero attached hydrogens (tertiary/aromatic N) is 5. The molecule has 0 radical (unpaired) electrons. The van der Waals surface area contributed by atoms with E-state index in [1.807, 2.05) is 35.7 Å². The Balaban J connectivity index is 1.41. The largest absolute Gasteiger partial charge is 0.385 e. The number of hydrogen-bond donors (Lipinski definition) is 1. The molecule has 1 saturated heterocycles. The number of aromatic nitrogens is 4. The van der Waals surface area contributed by atoms with Gasteiger partial charge in [0.05, 0.1) is 6.20 Å². The molecule has 6 heteroatoms. The van der Waals surface area contributed by atoms with Gasteiger partial charge in [-0.25, -0.2) is 4.98 Å². The second kappa shape index (κ2) is 7.27. The highest BCUT2D eigenvalue weighted by atomic mass is 16.3. The summed E-state index contributed by atoms with van der Waals surface area (Å²) in [5.74, 6) is 1.12. The first-order valence-electron chi connectivity index (χ1n) is 8.48. The fourth-order valence-corrected chi connectivity index (χ4v) is 3.47. The first-order chi connectivity index (χ1) is 11.1. The van der Waals surface area contributed by atoms with Crippen molar-refractivity contribution in [3.05, 3.63) is 36.2 Å². The zero-order valence-corrected chi connectivity index (χ0v) is 14.1. The van der Waals surface area contributed by atoms with Gasteiger partial charge in [0.1, 0.15) is 11.9 Å². The van der Waals surface area contributed by atoms with Crippen LogP contribution in [0.5, 0.6) is 0 Å². The summed E-state index contributed by atoms with van der Waals surface area (Å²) in [5, 5.41) is 14.7. The van der Waals surface area contributed by atoms with Crippen molar-refractivity contribution in [1.82, 2.24) is 24.2 Å². The van der Waals surface area contributed by atoms with Crippen molar-refractivity contribution in [2.24, 2.45) is 20.0 Å². The van der Waals surface area contributed by atoms with Gasteiger partial charge in [0.15, 0.2) is 0 Å². The van der Waals surface area contributed by atoms with Crippen LogP contribution in [-0.4, -0.2) is 49.0 Å². The van der Waals surface area contributed by atoms with Gasteiger partial charge >= 0.3 is 0 Å². The molecule has 0 amide bonds. The molecule has 3 heterocycles. The fraction of sp³-hybridized carbons (Fsp3) is 0.647. The summed E-state index contributed by atoms with van der Waals surface area (Å²) in [4.78, 5) is 6.80. The number of aryl methyl sites for hydroxylation is 3. The van der Waals surface area contributed by atoms with E-state index in [0.717, 1.165) is 51.1 Å². The third-order valence-corrected chi connectivity index (χ3v) is 4.90. The number of hydrogen-bond acceptors (Lipinski definition) is 4. The predicted molar refractivity (Wildman–Crippen MR) is 88.9 cm³/mol. The molecule has 1 unspecified atom stereocenters. The molecule has 3 rings (SSSR count). The predicted octanol–water partition coefficient (Wildman–Crippen LogP) is 1.53. The molecule has 1 fully saturated rings. The highest BCUT2D eigenvalue weighted by Crippen LogP contribution is 2.29. The Morgan fingerprint density at radius 2 is 2.09 bits per heavy atom. The van der Waals surface area contributed by atoms with E-state index >= 15 is 0 Å². The molecule has 0 aliphatic carbocycles. The minimum atomic E-state index is -0.437. The molecular weight excluding hydrogens is 290 g/mol. The second-order valence-corrected chi connectivity index (χ2v) is 6.65. The monoisotopic (exact) mass is 317 g/mol. The summed E-state index contributed by atoms with van der Waals surface area (Å²) >= 11 is 0. The lowest BCUT2D eigenvalue weighted by atomic mass is 9.90. The molecule has 2 aromatic heterocycles. The summed E-state index contributed by atoms with van der Waals surface area (Å²) in [6.07, 6.45) is 11.6. The van der Waals surface area contributed by atoms with Crippen LogP contribution >= 0.6 is 0 Å². The quantitative estimate of drug-likeness (QED) is 0.878. The van der Waals surface area contributed by atoms with E-state index in [4.69, 9.17) is 0 Å². The van der Waals surface area contributed by atoms with Crippen molar-refractivity contribution in [3.8, 4) is 0 Å². The fourth-order valence-electron chi connectivity index (χ4n) is 3.47. The molecule has 1 N–H and O–H groups in total. The third kappa shape index (κ3) is 4.00. The number of aliphatic hydroxyl groups is 1. The minimum absolute atomic E-state index is 0.325. The van der Waals surface area contributed by atoms with E-state index in [1.165, 1.54) is 5.56 Å². The van der Waals surface area contributed by atoms with Gasteiger partial charge in [-0.2, -0.15) is 5.10 Å². The standard InChI is InChI=1S/C17H27N5O/c1-20-11-7-18-17(20)16(23)15-5-9-22(10-6-15)8-3-4-14-12-19-21(2)13-14/h7,11-13,15-16,23H,3-6,8-10H2,1-2H3. The van der Waals surface area contributed by atoms with Crippen LogP contribution < -0.4 is 0 Å². The molecule has 23 heavy (non-hydrogen) atoms. The van der Waals surface area contributed by atoms with Gasteiger partial charge in [0.25, 0.3) is 0 Å². The summed E-state index contributed by atoms with van der Waals surface area (Å²) in [7, 11) is 3.90. The topological polar surface area (TPSA) is 59.1 Å². The van der Waals surface area contributed by atoms with Crippen molar-refractivity contribution in [3.63, 3.8) is 0 Å². The Morgan fingerprint density at radius 1 is 1.30 bits per heavy atom. The average Bonchev–Trinajstić information content (AvgIpc) is 3.16. The summed E-state index contributed by atoms with van der Waals surface area (Å²) < 4.78 is 3.78. The Labute approximate surface area is 137 Å². The first-order valence-corrected chi connectivity index (χ1v) is 8.48. The SMILES string of the molecule is Cn1cc(CCCN2CCC(C(O)c3nccn3C)CC2)cn1. The van der Waals surface area contributed by atoms with Crippen molar-refractivity contribution in [2.45, 2.75) is 31.8 Å². The van der Waals surface area contributed by atoms with Crippen LogP contribution in [-0.2, 0) is 20.5 Å². The van der Waals surface area contributed by atoms with E-state index in [0.29, 0.717) is 5.92 Å². The van der Waals surface area contributed by atoms with Crippen LogP contribution in [0.15, 0.2) is 24.8 Å². The average molecular weight is 317 g/mol. The van der Waals surface area contributed by atoms with Gasteiger partial charge in [-0.15, -0.1) is 0 Å². The third-order valence-electron chi connectivity index (χ3n) is 4.90. The van der Waals surface area contributed by atoms with Crippen LogP contribution in [0.1, 0.15) is 36.8 Å². The van der Waals surface area contributed by atoms with Gasteiger partial charge in [0.2, 0.25) is 0 Å². The molecule has 126 valence electrons. The zero-order chi connectivity index (χ0) is 16.2. The molecule has 6 nitrogen and oxygen atoms in total. The van der Waals surface area contributed by atoms with Crippen molar-refractivity contribution in [2.75, 3.05) is 19.6 Å². The molecule has 1 aliphatic heterocycles. The molecule has 0 saturated carbocycles. The lowest BCUT2D eigenvalue weighted by molar-refractivity contribution is 0.0509. The second-order valence-electron chi connectivity index (χ2n) is 6.65. The normalized spacial score (nSPS) is 18.4. The number of aliphatic hydroxyl groups excluding tert-OH is 1. The Hall–Kier alpha value is -1.66. The molecule has 1 atom stereocenters. The number of imidazole rings is 1. The van der Waals surface area contributed by atoms with Crippen LogP contribution in [0.4, 0.5) is 0 Å². The van der Waals surface area contributed by atoms with Gasteiger partial charge < -0.3 is 14.6 Å². The molecule has 0 spiro atoms. The highest BCUT2D eigenvalue weighted by molar-refractivity contribution is 5.03. The van der Waals surface area contributed by atoms with E-state index in [9.17, 15) is 5.11 Å². The summed E-state index contributed by atoms with van der Waals surface area (Å²) in [6.45, 7) is 3.26. The summed E-state index contributed by atoms with van der Waals surface area (Å²) in [5.41, 5.74) is 1.31. The van der Waals surface area contributed by atoms with Crippen molar-refractivity contribution < 1.29 is 5.11 Å². The molecule has 2 aromatic rings. The van der Waals surface area contributed by atoms with Gasteiger partial charge in [-0.3, -0.25) is 4.68 Å². The molecule has 0 bridgehead atoms. The van der Waals surface area contributed by atoms with E-state index in [-0.39, 0.29) is 0 Å². The number of rotatable bonds is 6. The minimum Gasteiger partial charge on any atom is -0.385 e. The Kier molecular flexibility index (Phi) is 5.13. The van der Waals surface area contributed by atoms with E-state index in [1.54, 1.807) is 6.20 Å². The lowest BCUT2D eigenvalue weighted by Crippen LogP contribution is -2.36. The van der Waals surface area contributed by atoms with E-state index < -0.39 is 6.10 Å². The van der Waals surface area contributed by atoms with Crippen LogP contribution in [0, 0.1) is 5.92 Å². The maximum absolute atomic E-state index is 10.5. The molecule has 1 aliphatic rings. The maximum atomic E-state index is 10.5. The van der Waals surface area contributed by atoms with Crippen molar-refractivity contribution >= 4 is 0 Å². The maximum Gasteiger partial charge on any atom is 0.137 e. The Bertz CT molecular complexity index is 612. The van der Waals surface area contributed by atoms with Crippen LogP contribution in [0.2, 0.25) is 0 Å². The summed E-state index contributed by atoms with van der Waals surface area (Å²) in [6, 6.07) is 0. The highest BCUT2D eigenvalue weighted by Gasteiger charge is 2.28. The smallest absolute Gasteiger partial charge is 0.137 e. The van der Waals surface area contributed by atoms with Gasteiger partial charge in [0, 0.05) is 32.7 Å². The Morgan fingerprint density at radius 3 is 2.70 bits per heavy atom. The first kappa shape index (κ1) is 16.2. The number of likely N-dealkylation sites (tertiary alicyclic amines) is 1. The zero-order valence-electron chi connectivity index (χ0n) is 14.1. The van der Waals surface area contributed by atoms with Crippen LogP contribution in [0.25, 0.3) is 0 Å². The molecular formula is C17H27N5O.